The van der Waals surface area contributed by atoms with Crippen LogP contribution in [-0.2, 0) is 22.5 Å². The minimum absolute atomic E-state index is 0.0658. The summed E-state index contributed by atoms with van der Waals surface area (Å²) >= 11 is 0. The number of hydrogen-bond donors (Lipinski definition) is 0. The third-order valence-corrected chi connectivity index (χ3v) is 6.54. The predicted octanol–water partition coefficient (Wildman–Crippen LogP) is 3.18. The quantitative estimate of drug-likeness (QED) is 0.697. The topological polar surface area (TPSA) is 86.9 Å². The molecule has 3 heterocycles. The molecule has 1 atom stereocenters. The molecule has 2 fully saturated rings. The standard InChI is InChI=1S/C23H31N3O5/c1-16-18(5-4-6-19(16)29-3)22(27)26-10-8-23(9-11-26)14-17(7-12-30-23)13-20-24-21(15-28-2)31-25-20/h4-6,17H,7-15H2,1-3H3. The summed E-state index contributed by atoms with van der Waals surface area (Å²) in [5.41, 5.74) is 1.43. The van der Waals surface area contributed by atoms with Gasteiger partial charge in [0.1, 0.15) is 12.4 Å². The first kappa shape index (κ1) is 21.8. The Morgan fingerprint density at radius 1 is 1.29 bits per heavy atom. The molecule has 2 aliphatic rings. The highest BCUT2D eigenvalue weighted by molar-refractivity contribution is 5.96. The molecule has 8 heteroatoms. The van der Waals surface area contributed by atoms with Crippen LogP contribution >= 0.6 is 0 Å². The summed E-state index contributed by atoms with van der Waals surface area (Å²) in [7, 11) is 3.24. The number of carbonyl (C=O) groups excluding carboxylic acids is 1. The van der Waals surface area contributed by atoms with Crippen LogP contribution in [0.2, 0.25) is 0 Å². The SMILES string of the molecule is COCc1nc(CC2CCOC3(CCN(C(=O)c4cccc(OC)c4C)CC3)C2)no1. The van der Waals surface area contributed by atoms with Gasteiger partial charge in [-0.05, 0) is 50.7 Å². The first-order chi connectivity index (χ1) is 15.0. The first-order valence-corrected chi connectivity index (χ1v) is 10.9. The van der Waals surface area contributed by atoms with E-state index in [0.717, 1.165) is 55.8 Å². The molecule has 168 valence electrons. The van der Waals surface area contributed by atoms with Gasteiger partial charge in [-0.25, -0.2) is 0 Å². The van der Waals surface area contributed by atoms with E-state index >= 15 is 0 Å². The minimum Gasteiger partial charge on any atom is -0.496 e. The van der Waals surface area contributed by atoms with Crippen LogP contribution in [0.4, 0.5) is 0 Å². The highest BCUT2D eigenvalue weighted by Gasteiger charge is 2.41. The fourth-order valence-corrected chi connectivity index (χ4v) is 4.82. The number of benzene rings is 1. The number of rotatable bonds is 6. The Morgan fingerprint density at radius 2 is 2.10 bits per heavy atom. The van der Waals surface area contributed by atoms with Crippen LogP contribution in [0.25, 0.3) is 0 Å². The number of methoxy groups -OCH3 is 2. The number of carbonyl (C=O) groups is 1. The number of piperidine rings is 1. The molecule has 0 aliphatic carbocycles. The van der Waals surface area contributed by atoms with Crippen LogP contribution < -0.4 is 4.74 Å². The van der Waals surface area contributed by atoms with Gasteiger partial charge in [-0.3, -0.25) is 4.79 Å². The number of aromatic nitrogens is 2. The van der Waals surface area contributed by atoms with E-state index in [0.29, 0.717) is 37.1 Å². The van der Waals surface area contributed by atoms with Gasteiger partial charge in [-0.2, -0.15) is 4.98 Å². The Bertz CT molecular complexity index is 904. The van der Waals surface area contributed by atoms with Crippen LogP contribution in [0.15, 0.2) is 22.7 Å². The Kier molecular flexibility index (Phi) is 6.57. The maximum absolute atomic E-state index is 13.1. The van der Waals surface area contributed by atoms with Gasteiger partial charge in [0.05, 0.1) is 12.7 Å². The van der Waals surface area contributed by atoms with Gasteiger partial charge < -0.3 is 23.6 Å². The fraction of sp³-hybridized carbons (Fsp3) is 0.609. The molecular weight excluding hydrogens is 398 g/mol. The van der Waals surface area contributed by atoms with Crippen LogP contribution in [0.1, 0.15) is 53.3 Å². The molecule has 0 N–H and O–H groups in total. The summed E-state index contributed by atoms with van der Waals surface area (Å²) in [6, 6.07) is 5.63. The lowest BCUT2D eigenvalue weighted by Gasteiger charge is -2.46. The zero-order chi connectivity index (χ0) is 21.8. The van der Waals surface area contributed by atoms with E-state index in [9.17, 15) is 4.79 Å². The second-order valence-electron chi connectivity index (χ2n) is 8.56. The molecule has 2 aliphatic heterocycles. The van der Waals surface area contributed by atoms with Crippen molar-refractivity contribution in [3.63, 3.8) is 0 Å². The number of amides is 1. The van der Waals surface area contributed by atoms with Crippen LogP contribution in [0.3, 0.4) is 0 Å². The van der Waals surface area contributed by atoms with Gasteiger partial charge in [0.25, 0.3) is 11.8 Å². The molecule has 1 aromatic carbocycles. The maximum atomic E-state index is 13.1. The molecular formula is C23H31N3O5. The molecule has 1 aromatic heterocycles. The molecule has 1 unspecified atom stereocenters. The fourth-order valence-electron chi connectivity index (χ4n) is 4.82. The molecule has 2 saturated heterocycles. The summed E-state index contributed by atoms with van der Waals surface area (Å²) < 4.78 is 21.9. The van der Waals surface area contributed by atoms with Crippen molar-refractivity contribution >= 4 is 5.91 Å². The van der Waals surface area contributed by atoms with E-state index in [4.69, 9.17) is 18.7 Å². The number of nitrogens with zero attached hydrogens (tertiary/aromatic N) is 3. The average molecular weight is 430 g/mol. The van der Waals surface area contributed by atoms with Gasteiger partial charge in [0.2, 0.25) is 0 Å². The Balaban J connectivity index is 1.36. The van der Waals surface area contributed by atoms with E-state index in [-0.39, 0.29) is 11.5 Å². The maximum Gasteiger partial charge on any atom is 0.254 e. The summed E-state index contributed by atoms with van der Waals surface area (Å²) in [5.74, 6) is 2.50. The lowest BCUT2D eigenvalue weighted by atomic mass is 9.78. The normalized spacial score (nSPS) is 20.7. The highest BCUT2D eigenvalue weighted by atomic mass is 16.5. The smallest absolute Gasteiger partial charge is 0.254 e. The largest absolute Gasteiger partial charge is 0.496 e. The zero-order valence-electron chi connectivity index (χ0n) is 18.6. The van der Waals surface area contributed by atoms with Crippen molar-refractivity contribution in [1.29, 1.82) is 0 Å². The minimum atomic E-state index is -0.164. The number of hydrogen-bond acceptors (Lipinski definition) is 7. The van der Waals surface area contributed by atoms with Crippen molar-refractivity contribution in [2.45, 2.75) is 51.2 Å². The second-order valence-corrected chi connectivity index (χ2v) is 8.56. The van der Waals surface area contributed by atoms with Gasteiger partial charge in [0, 0.05) is 44.4 Å². The van der Waals surface area contributed by atoms with Crippen LogP contribution in [0.5, 0.6) is 5.75 Å². The van der Waals surface area contributed by atoms with E-state index in [2.05, 4.69) is 10.1 Å². The molecule has 0 radical (unpaired) electrons. The Morgan fingerprint density at radius 3 is 2.84 bits per heavy atom. The highest BCUT2D eigenvalue weighted by Crippen LogP contribution is 2.39. The van der Waals surface area contributed by atoms with Crippen molar-refractivity contribution in [3.05, 3.63) is 41.0 Å². The molecule has 1 amide bonds. The predicted molar refractivity (Wildman–Crippen MR) is 113 cm³/mol. The van der Waals surface area contributed by atoms with E-state index < -0.39 is 0 Å². The third-order valence-electron chi connectivity index (χ3n) is 6.54. The molecule has 0 bridgehead atoms. The van der Waals surface area contributed by atoms with Gasteiger partial charge in [-0.1, -0.05) is 11.2 Å². The zero-order valence-corrected chi connectivity index (χ0v) is 18.6. The van der Waals surface area contributed by atoms with Crippen LogP contribution in [0, 0.1) is 12.8 Å². The first-order valence-electron chi connectivity index (χ1n) is 10.9. The third kappa shape index (κ3) is 4.75. The number of likely N-dealkylation sites (tertiary alicyclic amines) is 1. The molecule has 8 nitrogen and oxygen atoms in total. The van der Waals surface area contributed by atoms with Crippen molar-refractivity contribution in [1.82, 2.24) is 15.0 Å². The van der Waals surface area contributed by atoms with Gasteiger partial charge in [-0.15, -0.1) is 0 Å². The molecule has 0 saturated carbocycles. The molecule has 4 rings (SSSR count). The Hall–Kier alpha value is -2.45. The van der Waals surface area contributed by atoms with Gasteiger partial charge in [0.15, 0.2) is 5.82 Å². The van der Waals surface area contributed by atoms with E-state index in [1.807, 2.05) is 30.0 Å². The second kappa shape index (κ2) is 9.36. The van der Waals surface area contributed by atoms with Crippen LogP contribution in [-0.4, -0.2) is 60.5 Å². The summed E-state index contributed by atoms with van der Waals surface area (Å²) in [5, 5.41) is 4.08. The molecule has 31 heavy (non-hydrogen) atoms. The van der Waals surface area contributed by atoms with Crippen molar-refractivity contribution in [2.24, 2.45) is 5.92 Å². The molecule has 2 aromatic rings. The van der Waals surface area contributed by atoms with Gasteiger partial charge >= 0.3 is 0 Å². The monoisotopic (exact) mass is 429 g/mol. The van der Waals surface area contributed by atoms with Crippen molar-refractivity contribution < 1.29 is 23.5 Å². The Labute approximate surface area is 182 Å². The van der Waals surface area contributed by atoms with Crippen molar-refractivity contribution in [3.8, 4) is 5.75 Å². The number of ether oxygens (including phenoxy) is 3. The van der Waals surface area contributed by atoms with Crippen molar-refractivity contribution in [2.75, 3.05) is 33.9 Å². The van der Waals surface area contributed by atoms with E-state index in [1.54, 1.807) is 14.2 Å². The summed E-state index contributed by atoms with van der Waals surface area (Å²) in [6.07, 6.45) is 4.42. The van der Waals surface area contributed by atoms with E-state index in [1.165, 1.54) is 0 Å². The summed E-state index contributed by atoms with van der Waals surface area (Å²) in [6.45, 7) is 4.39. The lowest BCUT2D eigenvalue weighted by molar-refractivity contribution is -0.123. The lowest BCUT2D eigenvalue weighted by Crippen LogP contribution is -2.51. The summed E-state index contributed by atoms with van der Waals surface area (Å²) in [4.78, 5) is 19.5. The molecule has 1 spiro atoms. The average Bonchev–Trinajstić information content (AvgIpc) is 3.21.